The van der Waals surface area contributed by atoms with E-state index in [1.165, 1.54) is 6.07 Å². The van der Waals surface area contributed by atoms with Gasteiger partial charge in [0, 0.05) is 17.7 Å². The predicted molar refractivity (Wildman–Crippen MR) is 142 cm³/mol. The van der Waals surface area contributed by atoms with Crippen molar-refractivity contribution in [2.24, 2.45) is 0 Å². The summed E-state index contributed by atoms with van der Waals surface area (Å²) in [5.41, 5.74) is -1.50. The lowest BCUT2D eigenvalue weighted by Gasteiger charge is -2.39. The Balaban J connectivity index is 1.60. The van der Waals surface area contributed by atoms with E-state index in [0.717, 1.165) is 24.3 Å². The number of benzene rings is 2. The Morgan fingerprint density at radius 2 is 1.23 bits per heavy atom. The highest BCUT2D eigenvalue weighted by molar-refractivity contribution is 5.88. The molecule has 5 rings (SSSR count). The third kappa shape index (κ3) is 5.61. The lowest BCUT2D eigenvalue weighted by molar-refractivity contribution is -0.277. The molecule has 0 spiro atoms. The molecular formula is C27H30O17. The number of ether oxygens (including phenoxy) is 4. The average molecular weight is 627 g/mol. The molecule has 0 saturated carbocycles. The van der Waals surface area contributed by atoms with Gasteiger partial charge in [-0.3, -0.25) is 4.79 Å². The van der Waals surface area contributed by atoms with Gasteiger partial charge in [0.2, 0.25) is 23.8 Å². The smallest absolute Gasteiger partial charge is 0.239 e. The first-order valence-electron chi connectivity index (χ1n) is 13.2. The summed E-state index contributed by atoms with van der Waals surface area (Å²) in [5.74, 6) is -3.35. The predicted octanol–water partition coefficient (Wildman–Crippen LogP) is -3.07. The SMILES string of the molecule is O=c1c(O[C@@H]2O[C@H](CO)[C@@H](O)[C@H](O)[C@H]2O)c(-c2ccc(O)c(O)c2)oc2cc(O[C@@H]3O[C@H](CO)[C@@H](O)[C@H](O)[C@H]3O)cc(O)c12. The number of hydrogen-bond donors (Lipinski definition) is 11. The van der Waals surface area contributed by atoms with Crippen molar-refractivity contribution in [1.82, 2.24) is 0 Å². The van der Waals surface area contributed by atoms with Crippen LogP contribution >= 0.6 is 0 Å². The van der Waals surface area contributed by atoms with Gasteiger partial charge in [0.1, 0.15) is 71.3 Å². The second-order valence-electron chi connectivity index (χ2n) is 10.2. The Morgan fingerprint density at radius 3 is 1.77 bits per heavy atom. The summed E-state index contributed by atoms with van der Waals surface area (Å²) in [4.78, 5) is 13.7. The Bertz CT molecular complexity index is 1550. The number of fused-ring (bicyclic) bond motifs is 1. The van der Waals surface area contributed by atoms with Gasteiger partial charge in [-0.05, 0) is 18.2 Å². The van der Waals surface area contributed by atoms with Crippen LogP contribution in [0.2, 0.25) is 0 Å². The standard InChI is InChI=1S/C27H30O17/c28-6-14-17(33)20(36)22(38)26(42-14)40-9-4-12(32)16-13(5-9)41-24(8-1-2-10(30)11(31)3-8)25(19(16)35)44-27-23(39)21(37)18(34)15(7-29)43-27/h1-5,14-15,17-18,20-23,26-34,36-39H,6-7H2/t14-,15-,17-,18-,20+,21+,22-,23-,26-,27+/m1/s1. The Hall–Kier alpha value is -3.75. The molecule has 0 radical (unpaired) electrons. The topological polar surface area (TPSA) is 290 Å². The fraction of sp³-hybridized carbons (Fsp3) is 0.444. The molecule has 0 amide bonds. The lowest BCUT2D eigenvalue weighted by atomic mass is 9.99. The van der Waals surface area contributed by atoms with Crippen LogP contribution in [0.1, 0.15) is 0 Å². The Kier molecular flexibility index (Phi) is 8.87. The van der Waals surface area contributed by atoms with Crippen molar-refractivity contribution in [3.63, 3.8) is 0 Å². The molecule has 0 bridgehead atoms. The van der Waals surface area contributed by atoms with Gasteiger partial charge < -0.3 is 79.5 Å². The Morgan fingerprint density at radius 1 is 0.659 bits per heavy atom. The van der Waals surface area contributed by atoms with Crippen molar-refractivity contribution in [2.45, 2.75) is 61.4 Å². The molecule has 0 aliphatic carbocycles. The van der Waals surface area contributed by atoms with Gasteiger partial charge in [-0.2, -0.15) is 0 Å². The first kappa shape index (κ1) is 31.7. The van der Waals surface area contributed by atoms with Crippen LogP contribution in [-0.2, 0) is 9.47 Å². The van der Waals surface area contributed by atoms with Crippen LogP contribution in [-0.4, -0.2) is 131 Å². The van der Waals surface area contributed by atoms with Gasteiger partial charge in [-0.1, -0.05) is 0 Å². The number of phenols is 3. The van der Waals surface area contributed by atoms with E-state index in [2.05, 4.69) is 0 Å². The Labute approximate surface area is 246 Å². The molecular weight excluding hydrogens is 596 g/mol. The molecule has 11 N–H and O–H groups in total. The van der Waals surface area contributed by atoms with Crippen LogP contribution < -0.4 is 14.9 Å². The highest BCUT2D eigenvalue weighted by atomic mass is 16.7. The molecule has 10 atom stereocenters. The molecule has 1 aromatic heterocycles. The number of aromatic hydroxyl groups is 3. The quantitative estimate of drug-likeness (QED) is 0.116. The average Bonchev–Trinajstić information content (AvgIpc) is 2.99. The fourth-order valence-electron chi connectivity index (χ4n) is 4.87. The summed E-state index contributed by atoms with van der Waals surface area (Å²) in [6.07, 6.45) is -17.0. The first-order chi connectivity index (χ1) is 20.9. The number of aliphatic hydroxyl groups is 8. The van der Waals surface area contributed by atoms with Crippen molar-refractivity contribution >= 4 is 11.0 Å². The summed E-state index contributed by atoms with van der Waals surface area (Å²) in [5, 5.41) is 110. The zero-order valence-electron chi connectivity index (χ0n) is 22.4. The van der Waals surface area contributed by atoms with Gasteiger partial charge in [0.05, 0.1) is 13.2 Å². The zero-order valence-corrected chi connectivity index (χ0v) is 22.4. The van der Waals surface area contributed by atoms with E-state index in [1.54, 1.807) is 0 Å². The molecule has 2 fully saturated rings. The van der Waals surface area contributed by atoms with Crippen molar-refractivity contribution < 1.29 is 79.5 Å². The molecule has 3 aromatic rings. The van der Waals surface area contributed by atoms with Gasteiger partial charge in [-0.15, -0.1) is 0 Å². The van der Waals surface area contributed by atoms with Crippen molar-refractivity contribution in [2.75, 3.05) is 13.2 Å². The van der Waals surface area contributed by atoms with E-state index in [1.807, 2.05) is 0 Å². The molecule has 2 aliphatic rings. The van der Waals surface area contributed by atoms with Crippen LogP contribution in [0.3, 0.4) is 0 Å². The zero-order chi connectivity index (χ0) is 32.0. The van der Waals surface area contributed by atoms with Crippen molar-refractivity contribution in [3.8, 4) is 40.1 Å². The highest BCUT2D eigenvalue weighted by Gasteiger charge is 2.46. The van der Waals surface area contributed by atoms with Crippen LogP contribution in [0.15, 0.2) is 39.5 Å². The number of hydrogen-bond acceptors (Lipinski definition) is 17. The normalized spacial score (nSPS) is 32.5. The maximum Gasteiger partial charge on any atom is 0.239 e. The van der Waals surface area contributed by atoms with Crippen LogP contribution in [0.4, 0.5) is 0 Å². The summed E-state index contributed by atoms with van der Waals surface area (Å²) < 4.78 is 27.6. The first-order valence-corrected chi connectivity index (χ1v) is 13.2. The van der Waals surface area contributed by atoms with Crippen molar-refractivity contribution in [1.29, 1.82) is 0 Å². The van der Waals surface area contributed by atoms with Crippen LogP contribution in [0, 0.1) is 0 Å². The molecule has 44 heavy (non-hydrogen) atoms. The summed E-state index contributed by atoms with van der Waals surface area (Å²) in [6, 6.07) is 5.27. The molecule has 2 aliphatic heterocycles. The van der Waals surface area contributed by atoms with Crippen molar-refractivity contribution in [3.05, 3.63) is 40.6 Å². The second kappa shape index (κ2) is 12.3. The largest absolute Gasteiger partial charge is 0.507 e. The van der Waals surface area contributed by atoms with Gasteiger partial charge in [-0.25, -0.2) is 0 Å². The number of aliphatic hydroxyl groups excluding tert-OH is 8. The fourth-order valence-corrected chi connectivity index (χ4v) is 4.87. The van der Waals surface area contributed by atoms with E-state index >= 15 is 0 Å². The lowest BCUT2D eigenvalue weighted by Crippen LogP contribution is -2.60. The molecule has 2 saturated heterocycles. The summed E-state index contributed by atoms with van der Waals surface area (Å²) in [6.45, 7) is -1.53. The molecule has 0 unspecified atom stereocenters. The van der Waals surface area contributed by atoms with Gasteiger partial charge >= 0.3 is 0 Å². The minimum atomic E-state index is -1.94. The summed E-state index contributed by atoms with van der Waals surface area (Å²) >= 11 is 0. The van der Waals surface area contributed by atoms with E-state index in [4.69, 9.17) is 23.4 Å². The minimum Gasteiger partial charge on any atom is -0.507 e. The number of rotatable bonds is 7. The molecule has 2 aromatic carbocycles. The third-order valence-electron chi connectivity index (χ3n) is 7.33. The number of phenolic OH excluding ortho intramolecular Hbond substituents is 3. The van der Waals surface area contributed by atoms with Gasteiger partial charge in [0.15, 0.2) is 17.3 Å². The van der Waals surface area contributed by atoms with Gasteiger partial charge in [0.25, 0.3) is 0 Å². The molecule has 240 valence electrons. The second-order valence-corrected chi connectivity index (χ2v) is 10.2. The molecule has 3 heterocycles. The van der Waals surface area contributed by atoms with E-state index in [-0.39, 0.29) is 16.9 Å². The summed E-state index contributed by atoms with van der Waals surface area (Å²) in [7, 11) is 0. The molecule has 17 nitrogen and oxygen atoms in total. The monoisotopic (exact) mass is 626 g/mol. The maximum atomic E-state index is 13.7. The maximum absolute atomic E-state index is 13.7. The van der Waals surface area contributed by atoms with E-state index in [9.17, 15) is 61.0 Å². The van der Waals surface area contributed by atoms with E-state index < -0.39 is 114 Å². The highest BCUT2D eigenvalue weighted by Crippen LogP contribution is 2.40. The molecule has 17 heteroatoms. The third-order valence-corrected chi connectivity index (χ3v) is 7.33. The van der Waals surface area contributed by atoms with E-state index in [0.29, 0.717) is 0 Å². The van der Waals surface area contributed by atoms with Crippen LogP contribution in [0.25, 0.3) is 22.3 Å². The minimum absolute atomic E-state index is 0.0707. The van der Waals surface area contributed by atoms with Crippen LogP contribution in [0.5, 0.6) is 28.7 Å².